The number of hydrogen-bond acceptors (Lipinski definition) is 3. The first-order valence-electron chi connectivity index (χ1n) is 8.14. The van der Waals surface area contributed by atoms with Crippen LogP contribution < -0.4 is 11.1 Å². The fourth-order valence-electron chi connectivity index (χ4n) is 2.41. The number of carbonyl (C=O) groups excluding carboxylic acids is 1. The zero-order valence-electron chi connectivity index (χ0n) is 13.7. The molecule has 0 aliphatic heterocycles. The molecule has 0 aliphatic carbocycles. The van der Waals surface area contributed by atoms with E-state index in [1.807, 2.05) is 11.6 Å². The van der Waals surface area contributed by atoms with Gasteiger partial charge in [-0.25, -0.2) is 0 Å². The van der Waals surface area contributed by atoms with Crippen molar-refractivity contribution in [3.05, 3.63) is 17.5 Å². The largest absolute Gasteiger partial charge is 0.352 e. The van der Waals surface area contributed by atoms with Gasteiger partial charge in [0.05, 0.1) is 11.8 Å². The van der Waals surface area contributed by atoms with Gasteiger partial charge in [-0.05, 0) is 32.2 Å². The van der Waals surface area contributed by atoms with Crippen LogP contribution in [0, 0.1) is 12.8 Å². The molecule has 1 heterocycles. The van der Waals surface area contributed by atoms with Crippen LogP contribution in [-0.2, 0) is 6.54 Å². The molecule has 3 N–H and O–H groups in total. The molecule has 0 aliphatic rings. The molecule has 0 spiro atoms. The standard InChI is InChI=1S/C16H30N4O/c1-4-6-8-14(5-2)11-18-16(21)15-12-19-20(13(15)3)10-7-9-17/h12,14H,4-11,17H2,1-3H3,(H,18,21). The monoisotopic (exact) mass is 294 g/mol. The van der Waals surface area contributed by atoms with E-state index in [-0.39, 0.29) is 5.91 Å². The van der Waals surface area contributed by atoms with Crippen LogP contribution in [0.3, 0.4) is 0 Å². The van der Waals surface area contributed by atoms with Crippen molar-refractivity contribution in [1.29, 1.82) is 0 Å². The highest BCUT2D eigenvalue weighted by Crippen LogP contribution is 2.12. The molecule has 0 aromatic carbocycles. The van der Waals surface area contributed by atoms with Crippen LogP contribution in [-0.4, -0.2) is 28.8 Å². The third kappa shape index (κ3) is 5.50. The van der Waals surface area contributed by atoms with Crippen molar-refractivity contribution in [2.75, 3.05) is 13.1 Å². The maximum absolute atomic E-state index is 12.3. The second-order valence-corrected chi connectivity index (χ2v) is 5.64. The normalized spacial score (nSPS) is 12.4. The van der Waals surface area contributed by atoms with E-state index in [0.29, 0.717) is 18.0 Å². The van der Waals surface area contributed by atoms with Crippen LogP contribution in [0.15, 0.2) is 6.20 Å². The van der Waals surface area contributed by atoms with E-state index >= 15 is 0 Å². The van der Waals surface area contributed by atoms with Crippen molar-refractivity contribution in [2.45, 2.75) is 59.4 Å². The number of aryl methyl sites for hydroxylation is 1. The summed E-state index contributed by atoms with van der Waals surface area (Å²) >= 11 is 0. The molecule has 5 nitrogen and oxygen atoms in total. The predicted molar refractivity (Wildman–Crippen MR) is 86.3 cm³/mol. The minimum absolute atomic E-state index is 0.0125. The molecule has 1 aromatic heterocycles. The lowest BCUT2D eigenvalue weighted by atomic mass is 9.99. The summed E-state index contributed by atoms with van der Waals surface area (Å²) < 4.78 is 1.86. The Labute approximate surface area is 128 Å². The van der Waals surface area contributed by atoms with Gasteiger partial charge in [-0.3, -0.25) is 9.48 Å². The topological polar surface area (TPSA) is 72.9 Å². The molecule has 1 atom stereocenters. The van der Waals surface area contributed by atoms with Gasteiger partial charge in [0, 0.05) is 18.8 Å². The van der Waals surface area contributed by atoms with Gasteiger partial charge in [-0.2, -0.15) is 5.10 Å². The lowest BCUT2D eigenvalue weighted by molar-refractivity contribution is 0.0945. The first kappa shape index (κ1) is 17.7. The van der Waals surface area contributed by atoms with Gasteiger partial charge in [0.2, 0.25) is 0 Å². The number of hydrogen-bond donors (Lipinski definition) is 2. The molecule has 0 fully saturated rings. The molecule has 0 saturated heterocycles. The highest BCUT2D eigenvalue weighted by molar-refractivity contribution is 5.95. The van der Waals surface area contributed by atoms with Crippen molar-refractivity contribution in [3.8, 4) is 0 Å². The van der Waals surface area contributed by atoms with Crippen molar-refractivity contribution in [3.63, 3.8) is 0 Å². The predicted octanol–water partition coefficient (Wildman–Crippen LogP) is 2.49. The number of nitrogens with zero attached hydrogens (tertiary/aromatic N) is 2. The Kier molecular flexibility index (Phi) is 8.05. The molecule has 5 heteroatoms. The summed E-state index contributed by atoms with van der Waals surface area (Å²) in [6, 6.07) is 0. The van der Waals surface area contributed by atoms with E-state index in [0.717, 1.165) is 31.6 Å². The molecular weight excluding hydrogens is 264 g/mol. The van der Waals surface area contributed by atoms with Crippen LogP contribution in [0.4, 0.5) is 0 Å². The van der Waals surface area contributed by atoms with Gasteiger partial charge < -0.3 is 11.1 Å². The molecular formula is C16H30N4O. The smallest absolute Gasteiger partial charge is 0.254 e. The number of amides is 1. The minimum atomic E-state index is -0.0125. The van der Waals surface area contributed by atoms with E-state index in [4.69, 9.17) is 5.73 Å². The summed E-state index contributed by atoms with van der Waals surface area (Å²) in [5, 5.41) is 7.32. The summed E-state index contributed by atoms with van der Waals surface area (Å²) in [5.74, 6) is 0.558. The number of carbonyl (C=O) groups is 1. The van der Waals surface area contributed by atoms with Crippen molar-refractivity contribution >= 4 is 5.91 Å². The second-order valence-electron chi connectivity index (χ2n) is 5.64. The SMILES string of the molecule is CCCCC(CC)CNC(=O)c1cnn(CCCN)c1C. The lowest BCUT2D eigenvalue weighted by Gasteiger charge is -2.15. The second kappa shape index (κ2) is 9.55. The Bertz CT molecular complexity index is 428. The molecule has 0 radical (unpaired) electrons. The summed E-state index contributed by atoms with van der Waals surface area (Å²) in [5.41, 5.74) is 7.11. The zero-order valence-corrected chi connectivity index (χ0v) is 13.7. The van der Waals surface area contributed by atoms with Gasteiger partial charge in [-0.1, -0.05) is 33.1 Å². The Balaban J connectivity index is 2.53. The molecule has 1 rings (SSSR count). The maximum atomic E-state index is 12.3. The number of nitrogens with one attached hydrogen (secondary N) is 1. The Morgan fingerprint density at radius 2 is 2.19 bits per heavy atom. The van der Waals surface area contributed by atoms with Crippen LogP contribution in [0.5, 0.6) is 0 Å². The van der Waals surface area contributed by atoms with E-state index in [2.05, 4.69) is 24.3 Å². The average Bonchev–Trinajstić information content (AvgIpc) is 2.86. The van der Waals surface area contributed by atoms with E-state index < -0.39 is 0 Å². The first-order valence-corrected chi connectivity index (χ1v) is 8.14. The van der Waals surface area contributed by atoms with Gasteiger partial charge in [-0.15, -0.1) is 0 Å². The Morgan fingerprint density at radius 1 is 1.43 bits per heavy atom. The minimum Gasteiger partial charge on any atom is -0.352 e. The third-order valence-electron chi connectivity index (χ3n) is 4.02. The summed E-state index contributed by atoms with van der Waals surface area (Å²) in [7, 11) is 0. The fourth-order valence-corrected chi connectivity index (χ4v) is 2.41. The van der Waals surface area contributed by atoms with Crippen LogP contribution in [0.2, 0.25) is 0 Å². The molecule has 1 aromatic rings. The van der Waals surface area contributed by atoms with E-state index in [9.17, 15) is 4.79 Å². The van der Waals surface area contributed by atoms with Crippen molar-refractivity contribution in [1.82, 2.24) is 15.1 Å². The summed E-state index contributed by atoms with van der Waals surface area (Å²) in [4.78, 5) is 12.3. The highest BCUT2D eigenvalue weighted by atomic mass is 16.1. The molecule has 0 saturated carbocycles. The average molecular weight is 294 g/mol. The van der Waals surface area contributed by atoms with Crippen LogP contribution in [0.25, 0.3) is 0 Å². The third-order valence-corrected chi connectivity index (χ3v) is 4.02. The van der Waals surface area contributed by atoms with Crippen LogP contribution >= 0.6 is 0 Å². The number of nitrogens with two attached hydrogens (primary N) is 1. The Morgan fingerprint density at radius 3 is 2.81 bits per heavy atom. The quantitative estimate of drug-likeness (QED) is 0.696. The van der Waals surface area contributed by atoms with Gasteiger partial charge >= 0.3 is 0 Å². The number of unbranched alkanes of at least 4 members (excludes halogenated alkanes) is 1. The van der Waals surface area contributed by atoms with Crippen molar-refractivity contribution < 1.29 is 4.79 Å². The van der Waals surface area contributed by atoms with E-state index in [1.54, 1.807) is 6.20 Å². The maximum Gasteiger partial charge on any atom is 0.254 e. The first-order chi connectivity index (χ1) is 10.1. The van der Waals surface area contributed by atoms with Gasteiger partial charge in [0.15, 0.2) is 0 Å². The number of aromatic nitrogens is 2. The summed E-state index contributed by atoms with van der Waals surface area (Å²) in [6.07, 6.45) is 7.26. The number of rotatable bonds is 10. The van der Waals surface area contributed by atoms with Gasteiger partial charge in [0.1, 0.15) is 0 Å². The fraction of sp³-hybridized carbons (Fsp3) is 0.750. The van der Waals surface area contributed by atoms with Crippen LogP contribution in [0.1, 0.15) is 62.0 Å². The molecule has 120 valence electrons. The zero-order chi connectivity index (χ0) is 15.7. The lowest BCUT2D eigenvalue weighted by Crippen LogP contribution is -2.29. The molecule has 21 heavy (non-hydrogen) atoms. The highest BCUT2D eigenvalue weighted by Gasteiger charge is 2.15. The molecule has 0 bridgehead atoms. The van der Waals surface area contributed by atoms with E-state index in [1.165, 1.54) is 19.3 Å². The molecule has 1 amide bonds. The van der Waals surface area contributed by atoms with Crippen molar-refractivity contribution in [2.24, 2.45) is 11.7 Å². The Hall–Kier alpha value is -1.36. The molecule has 1 unspecified atom stereocenters. The van der Waals surface area contributed by atoms with Gasteiger partial charge in [0.25, 0.3) is 5.91 Å². The summed E-state index contributed by atoms with van der Waals surface area (Å²) in [6.45, 7) is 8.47.